The molecule has 0 heterocycles. The van der Waals surface area contributed by atoms with E-state index in [4.69, 9.17) is 0 Å². The highest BCUT2D eigenvalue weighted by molar-refractivity contribution is 5.66. The van der Waals surface area contributed by atoms with Crippen LogP contribution in [0.1, 0.15) is 71.1 Å². The molecule has 0 saturated heterocycles. The Morgan fingerprint density at radius 3 is 1.90 bits per heavy atom. The number of carbonyl (C=O) groups is 1. The Morgan fingerprint density at radius 2 is 1.30 bits per heavy atom. The van der Waals surface area contributed by atoms with Crippen molar-refractivity contribution in [3.05, 3.63) is 36.5 Å². The quantitative estimate of drug-likeness (QED) is 0.322. The van der Waals surface area contributed by atoms with Crippen LogP contribution in [0, 0.1) is 0 Å². The van der Waals surface area contributed by atoms with Crippen LogP contribution in [0.5, 0.6) is 0 Å². The first-order chi connectivity index (χ1) is 9.77. The van der Waals surface area contributed by atoms with Gasteiger partial charge in [-0.05, 0) is 25.7 Å². The molecule has 0 fully saturated rings. The molecule has 0 atom stereocenters. The zero-order valence-corrected chi connectivity index (χ0v) is 12.9. The fraction of sp³-hybridized carbons (Fsp3) is 0.611. The van der Waals surface area contributed by atoms with Crippen molar-refractivity contribution in [3.8, 4) is 0 Å². The summed E-state index contributed by atoms with van der Waals surface area (Å²) in [5.41, 5.74) is 0. The fourth-order valence-electron chi connectivity index (χ4n) is 1.86. The number of unbranched alkanes of at least 4 members (excludes halogenated alkanes) is 7. The van der Waals surface area contributed by atoms with Gasteiger partial charge in [0.1, 0.15) is 0 Å². The van der Waals surface area contributed by atoms with Crippen LogP contribution < -0.4 is 0 Å². The van der Waals surface area contributed by atoms with Gasteiger partial charge in [-0.1, -0.05) is 75.5 Å². The second-order valence-electron chi connectivity index (χ2n) is 5.06. The molecule has 1 radical (unpaired) electrons. The Hall–Kier alpha value is -1.31. The Kier molecular flexibility index (Phi) is 14.7. The average molecular weight is 277 g/mol. The van der Waals surface area contributed by atoms with E-state index in [2.05, 4.69) is 43.4 Å². The minimum absolute atomic E-state index is 0.205. The molecule has 0 N–H and O–H groups in total. The summed E-state index contributed by atoms with van der Waals surface area (Å²) in [6, 6.07) is 0. The van der Waals surface area contributed by atoms with E-state index in [1.54, 1.807) is 0 Å². The molecule has 2 nitrogen and oxygen atoms in total. The molecule has 0 aliphatic heterocycles. The molecule has 0 bridgehead atoms. The average Bonchev–Trinajstić information content (AvgIpc) is 2.43. The van der Waals surface area contributed by atoms with E-state index in [1.807, 2.05) is 0 Å². The zero-order valence-electron chi connectivity index (χ0n) is 12.9. The number of hydrogen-bond acceptors (Lipinski definition) is 1. The molecule has 0 rings (SSSR count). The van der Waals surface area contributed by atoms with Gasteiger partial charge in [0.2, 0.25) is 0 Å². The van der Waals surface area contributed by atoms with Crippen LogP contribution in [-0.2, 0) is 9.90 Å². The van der Waals surface area contributed by atoms with Gasteiger partial charge < -0.3 is 0 Å². The topological polar surface area (TPSA) is 37.0 Å². The third kappa shape index (κ3) is 16.7. The minimum Gasteiger partial charge on any atom is -0.247 e. The highest BCUT2D eigenvalue weighted by atomic mass is 16.4. The van der Waals surface area contributed by atoms with E-state index in [1.165, 1.54) is 32.1 Å². The molecular weight excluding hydrogens is 248 g/mol. The smallest absolute Gasteiger partial charge is 0.247 e. The lowest BCUT2D eigenvalue weighted by Crippen LogP contribution is -1.91. The summed E-state index contributed by atoms with van der Waals surface area (Å²) in [6.07, 6.45) is 23.0. The molecule has 0 saturated carbocycles. The van der Waals surface area contributed by atoms with Gasteiger partial charge in [-0.3, -0.25) is 0 Å². The summed E-state index contributed by atoms with van der Waals surface area (Å²) >= 11 is 0. The Bertz CT molecular complexity index is 301. The first-order valence-corrected chi connectivity index (χ1v) is 7.95. The molecule has 0 aromatic rings. The summed E-state index contributed by atoms with van der Waals surface area (Å²) in [5, 5.41) is 10.2. The maximum Gasteiger partial charge on any atom is 0.355 e. The summed E-state index contributed by atoms with van der Waals surface area (Å²) < 4.78 is 0. The SMILES string of the molecule is CCCC/C=C/C=C/C=C\CCCCCCCC([O])=O. The van der Waals surface area contributed by atoms with E-state index >= 15 is 0 Å². The van der Waals surface area contributed by atoms with Crippen molar-refractivity contribution in [2.45, 2.75) is 71.1 Å². The van der Waals surface area contributed by atoms with Crippen molar-refractivity contribution in [2.24, 2.45) is 0 Å². The lowest BCUT2D eigenvalue weighted by atomic mass is 10.1. The van der Waals surface area contributed by atoms with Crippen molar-refractivity contribution in [3.63, 3.8) is 0 Å². The van der Waals surface area contributed by atoms with Gasteiger partial charge in [0.25, 0.3) is 0 Å². The van der Waals surface area contributed by atoms with Gasteiger partial charge >= 0.3 is 5.97 Å². The van der Waals surface area contributed by atoms with Crippen LogP contribution >= 0.6 is 0 Å². The predicted molar refractivity (Wildman–Crippen MR) is 85.0 cm³/mol. The Balaban J connectivity index is 3.29. The molecule has 0 aromatic carbocycles. The molecule has 113 valence electrons. The molecule has 0 spiro atoms. The summed E-state index contributed by atoms with van der Waals surface area (Å²) in [7, 11) is 0. The fourth-order valence-corrected chi connectivity index (χ4v) is 1.86. The van der Waals surface area contributed by atoms with E-state index in [9.17, 15) is 9.90 Å². The van der Waals surface area contributed by atoms with Crippen LogP contribution in [0.15, 0.2) is 36.5 Å². The molecule has 2 heteroatoms. The van der Waals surface area contributed by atoms with E-state index < -0.39 is 5.97 Å². The third-order valence-corrected chi connectivity index (χ3v) is 3.08. The number of carbonyl (C=O) groups excluding carboxylic acids is 1. The van der Waals surface area contributed by atoms with Crippen LogP contribution in [0.25, 0.3) is 0 Å². The van der Waals surface area contributed by atoms with Gasteiger partial charge in [0, 0.05) is 0 Å². The number of rotatable bonds is 13. The largest absolute Gasteiger partial charge is 0.355 e. The summed E-state index contributed by atoms with van der Waals surface area (Å²) in [6.45, 7) is 2.20. The van der Waals surface area contributed by atoms with E-state index in [-0.39, 0.29) is 6.42 Å². The van der Waals surface area contributed by atoms with Crippen LogP contribution in [0.4, 0.5) is 0 Å². The van der Waals surface area contributed by atoms with Gasteiger partial charge in [-0.25, -0.2) is 9.90 Å². The van der Waals surface area contributed by atoms with Crippen molar-refractivity contribution in [1.29, 1.82) is 0 Å². The van der Waals surface area contributed by atoms with Gasteiger partial charge in [-0.15, -0.1) is 0 Å². The van der Waals surface area contributed by atoms with Crippen LogP contribution in [0.2, 0.25) is 0 Å². The summed E-state index contributed by atoms with van der Waals surface area (Å²) in [4.78, 5) is 10.2. The first-order valence-electron chi connectivity index (χ1n) is 7.95. The number of hydrogen-bond donors (Lipinski definition) is 0. The molecule has 0 aliphatic carbocycles. The van der Waals surface area contributed by atoms with Crippen LogP contribution in [-0.4, -0.2) is 5.97 Å². The van der Waals surface area contributed by atoms with E-state index in [0.29, 0.717) is 0 Å². The lowest BCUT2D eigenvalue weighted by molar-refractivity contribution is -0.143. The normalized spacial score (nSPS) is 12.1. The van der Waals surface area contributed by atoms with Gasteiger partial charge in [0.15, 0.2) is 0 Å². The van der Waals surface area contributed by atoms with Gasteiger partial charge in [0.05, 0.1) is 6.42 Å². The van der Waals surface area contributed by atoms with Crippen molar-refractivity contribution in [1.82, 2.24) is 0 Å². The Labute approximate surface area is 124 Å². The standard InChI is InChI=1S/C18H29O2/c1-2-3-4-5-6-7-8-9-10-11-12-13-14-15-16-17-18(19)20/h5-10H,2-4,11-17H2,1H3/b6-5+,8-7+,10-9-. The first kappa shape index (κ1) is 18.7. The molecule has 0 amide bonds. The summed E-state index contributed by atoms with van der Waals surface area (Å²) in [5.74, 6) is -0.927. The lowest BCUT2D eigenvalue weighted by Gasteiger charge is -1.97. The molecular formula is C18H29O2. The second-order valence-corrected chi connectivity index (χ2v) is 5.06. The van der Waals surface area contributed by atoms with Crippen molar-refractivity contribution in [2.75, 3.05) is 0 Å². The van der Waals surface area contributed by atoms with Gasteiger partial charge in [-0.2, -0.15) is 0 Å². The van der Waals surface area contributed by atoms with E-state index in [0.717, 1.165) is 25.7 Å². The highest BCUT2D eigenvalue weighted by Crippen LogP contribution is 2.07. The van der Waals surface area contributed by atoms with Crippen LogP contribution in [0.3, 0.4) is 0 Å². The highest BCUT2D eigenvalue weighted by Gasteiger charge is 1.97. The third-order valence-electron chi connectivity index (χ3n) is 3.08. The molecule has 20 heavy (non-hydrogen) atoms. The number of allylic oxidation sites excluding steroid dienone is 6. The molecule has 0 unspecified atom stereocenters. The maximum atomic E-state index is 10.2. The maximum absolute atomic E-state index is 10.2. The van der Waals surface area contributed by atoms with Crippen molar-refractivity contribution >= 4 is 5.97 Å². The van der Waals surface area contributed by atoms with Crippen molar-refractivity contribution < 1.29 is 9.90 Å². The Morgan fingerprint density at radius 1 is 0.750 bits per heavy atom. The second kappa shape index (κ2) is 15.7. The monoisotopic (exact) mass is 277 g/mol. The zero-order chi connectivity index (χ0) is 14.9. The molecule has 0 aliphatic rings. The minimum atomic E-state index is -0.927. The molecule has 0 aromatic heterocycles. The predicted octanol–water partition coefficient (Wildman–Crippen LogP) is 5.53.